The van der Waals surface area contributed by atoms with Gasteiger partial charge in [0.1, 0.15) is 11.6 Å². The number of nitrogens with one attached hydrogen (secondary N) is 1. The van der Waals surface area contributed by atoms with Crippen molar-refractivity contribution in [2.45, 2.75) is 6.92 Å². The minimum Gasteiger partial charge on any atom is -0.495 e. The SMILES string of the molecule is COc1ccc(N)cc1NC(=O)c1ccc(F)c(C)c1. The van der Waals surface area contributed by atoms with E-state index in [4.69, 9.17) is 10.5 Å². The Labute approximate surface area is 116 Å². The number of ether oxygens (including phenoxy) is 1. The van der Waals surface area contributed by atoms with Gasteiger partial charge in [0.05, 0.1) is 12.8 Å². The normalized spacial score (nSPS) is 10.2. The molecule has 2 aromatic rings. The van der Waals surface area contributed by atoms with Crippen molar-refractivity contribution in [3.8, 4) is 5.75 Å². The molecule has 0 spiro atoms. The van der Waals surface area contributed by atoms with Crippen molar-refractivity contribution in [3.05, 3.63) is 53.3 Å². The molecule has 2 aromatic carbocycles. The number of benzene rings is 2. The second-order valence-corrected chi connectivity index (χ2v) is 4.38. The number of rotatable bonds is 3. The van der Waals surface area contributed by atoms with Crippen molar-refractivity contribution in [2.75, 3.05) is 18.2 Å². The summed E-state index contributed by atoms with van der Waals surface area (Å²) in [5.74, 6) is -0.188. The zero-order valence-corrected chi connectivity index (χ0v) is 11.2. The predicted molar refractivity (Wildman–Crippen MR) is 76.5 cm³/mol. The van der Waals surface area contributed by atoms with E-state index < -0.39 is 0 Å². The van der Waals surface area contributed by atoms with E-state index in [1.165, 1.54) is 25.3 Å². The van der Waals surface area contributed by atoms with E-state index in [2.05, 4.69) is 5.32 Å². The molecule has 1 amide bonds. The quantitative estimate of drug-likeness (QED) is 0.846. The molecule has 0 fully saturated rings. The summed E-state index contributed by atoms with van der Waals surface area (Å²) in [5.41, 5.74) is 7.45. The monoisotopic (exact) mass is 274 g/mol. The molecule has 0 saturated carbocycles. The molecule has 0 heterocycles. The standard InChI is InChI=1S/C15H15FN2O2/c1-9-7-10(3-5-12(9)16)15(19)18-13-8-11(17)4-6-14(13)20-2/h3-8H,17H2,1-2H3,(H,18,19). The van der Waals surface area contributed by atoms with Gasteiger partial charge in [0.2, 0.25) is 0 Å². The van der Waals surface area contributed by atoms with Crippen LogP contribution in [0.4, 0.5) is 15.8 Å². The smallest absolute Gasteiger partial charge is 0.255 e. The maximum absolute atomic E-state index is 13.2. The molecule has 2 rings (SSSR count). The Morgan fingerprint density at radius 3 is 2.65 bits per heavy atom. The average molecular weight is 274 g/mol. The lowest BCUT2D eigenvalue weighted by Crippen LogP contribution is -2.13. The molecule has 0 saturated heterocycles. The third kappa shape index (κ3) is 2.88. The van der Waals surface area contributed by atoms with Crippen LogP contribution < -0.4 is 15.8 Å². The number of anilines is 2. The second-order valence-electron chi connectivity index (χ2n) is 4.38. The summed E-state index contributed by atoms with van der Waals surface area (Å²) in [5, 5.41) is 2.70. The summed E-state index contributed by atoms with van der Waals surface area (Å²) < 4.78 is 18.3. The number of hydrogen-bond donors (Lipinski definition) is 2. The van der Waals surface area contributed by atoms with Crippen LogP contribution in [0.25, 0.3) is 0 Å². The summed E-state index contributed by atoms with van der Waals surface area (Å²) in [7, 11) is 1.50. The lowest BCUT2D eigenvalue weighted by atomic mass is 10.1. The second kappa shape index (κ2) is 5.61. The zero-order chi connectivity index (χ0) is 14.7. The van der Waals surface area contributed by atoms with Crippen molar-refractivity contribution in [3.63, 3.8) is 0 Å². The zero-order valence-electron chi connectivity index (χ0n) is 11.2. The van der Waals surface area contributed by atoms with E-state index in [9.17, 15) is 9.18 Å². The largest absolute Gasteiger partial charge is 0.495 e. The fourth-order valence-electron chi connectivity index (χ4n) is 1.80. The number of hydrogen-bond acceptors (Lipinski definition) is 3. The highest BCUT2D eigenvalue weighted by molar-refractivity contribution is 6.05. The van der Waals surface area contributed by atoms with Crippen molar-refractivity contribution < 1.29 is 13.9 Å². The first kappa shape index (κ1) is 13.9. The summed E-state index contributed by atoms with van der Waals surface area (Å²) in [6.07, 6.45) is 0. The highest BCUT2D eigenvalue weighted by Crippen LogP contribution is 2.27. The van der Waals surface area contributed by atoms with Gasteiger partial charge in [-0.05, 0) is 48.9 Å². The van der Waals surface area contributed by atoms with Crippen molar-refractivity contribution >= 4 is 17.3 Å². The Hall–Kier alpha value is -2.56. The first-order valence-electron chi connectivity index (χ1n) is 6.02. The van der Waals surface area contributed by atoms with Gasteiger partial charge in [0, 0.05) is 11.3 Å². The Kier molecular flexibility index (Phi) is 3.89. The molecule has 3 N–H and O–H groups in total. The fraction of sp³-hybridized carbons (Fsp3) is 0.133. The number of carbonyl (C=O) groups excluding carboxylic acids is 1. The molecule has 0 aliphatic heterocycles. The Bertz CT molecular complexity index is 656. The summed E-state index contributed by atoms with van der Waals surface area (Å²) >= 11 is 0. The van der Waals surface area contributed by atoms with Crippen LogP contribution >= 0.6 is 0 Å². The molecule has 0 aromatic heterocycles. The number of amides is 1. The van der Waals surface area contributed by atoms with Crippen molar-refractivity contribution in [1.82, 2.24) is 0 Å². The van der Waals surface area contributed by atoms with E-state index in [-0.39, 0.29) is 11.7 Å². The van der Waals surface area contributed by atoms with Crippen LogP contribution in [-0.2, 0) is 0 Å². The molecule has 0 aliphatic rings. The molecular weight excluding hydrogens is 259 g/mol. The minimum atomic E-state index is -0.350. The number of carbonyl (C=O) groups is 1. The highest BCUT2D eigenvalue weighted by atomic mass is 19.1. The number of halogens is 1. The van der Waals surface area contributed by atoms with E-state index in [1.807, 2.05) is 0 Å². The third-order valence-corrected chi connectivity index (χ3v) is 2.89. The maximum atomic E-state index is 13.2. The topological polar surface area (TPSA) is 64.3 Å². The Morgan fingerprint density at radius 1 is 1.25 bits per heavy atom. The van der Waals surface area contributed by atoms with Crippen LogP contribution in [0, 0.1) is 12.7 Å². The summed E-state index contributed by atoms with van der Waals surface area (Å²) in [4.78, 5) is 12.1. The molecule has 20 heavy (non-hydrogen) atoms. The molecular formula is C15H15FN2O2. The van der Waals surface area contributed by atoms with Gasteiger partial charge in [-0.3, -0.25) is 4.79 Å². The fourth-order valence-corrected chi connectivity index (χ4v) is 1.80. The highest BCUT2D eigenvalue weighted by Gasteiger charge is 2.11. The van der Waals surface area contributed by atoms with Gasteiger partial charge < -0.3 is 15.8 Å². The molecule has 0 atom stereocenters. The van der Waals surface area contributed by atoms with Gasteiger partial charge in [-0.1, -0.05) is 0 Å². The van der Waals surface area contributed by atoms with Crippen LogP contribution in [0.1, 0.15) is 15.9 Å². The minimum absolute atomic E-state index is 0.344. The van der Waals surface area contributed by atoms with Gasteiger partial charge in [-0.2, -0.15) is 0 Å². The third-order valence-electron chi connectivity index (χ3n) is 2.89. The van der Waals surface area contributed by atoms with Crippen molar-refractivity contribution in [1.29, 1.82) is 0 Å². The Balaban J connectivity index is 2.27. The molecule has 0 radical (unpaired) electrons. The van der Waals surface area contributed by atoms with Crippen molar-refractivity contribution in [2.24, 2.45) is 0 Å². The molecule has 0 bridgehead atoms. The molecule has 0 unspecified atom stereocenters. The van der Waals surface area contributed by atoms with Gasteiger partial charge in [-0.25, -0.2) is 4.39 Å². The predicted octanol–water partition coefficient (Wildman–Crippen LogP) is 2.98. The van der Waals surface area contributed by atoms with Crippen LogP contribution in [0.15, 0.2) is 36.4 Å². The van der Waals surface area contributed by atoms with Gasteiger partial charge in [0.25, 0.3) is 5.91 Å². The van der Waals surface area contributed by atoms with Gasteiger partial charge in [-0.15, -0.1) is 0 Å². The lowest BCUT2D eigenvalue weighted by Gasteiger charge is -2.11. The first-order chi connectivity index (χ1) is 9.51. The van der Waals surface area contributed by atoms with Crippen LogP contribution in [0.5, 0.6) is 5.75 Å². The van der Waals surface area contributed by atoms with E-state index in [0.29, 0.717) is 28.3 Å². The number of nitrogens with two attached hydrogens (primary N) is 1. The average Bonchev–Trinajstić information content (AvgIpc) is 2.42. The van der Waals surface area contributed by atoms with Gasteiger partial charge in [0.15, 0.2) is 0 Å². The number of nitrogen functional groups attached to an aromatic ring is 1. The van der Waals surface area contributed by atoms with Gasteiger partial charge >= 0.3 is 0 Å². The lowest BCUT2D eigenvalue weighted by molar-refractivity contribution is 0.102. The summed E-state index contributed by atoms with van der Waals surface area (Å²) in [6, 6.07) is 9.13. The van der Waals surface area contributed by atoms with Crippen LogP contribution in [0.2, 0.25) is 0 Å². The summed E-state index contributed by atoms with van der Waals surface area (Å²) in [6.45, 7) is 1.60. The number of aryl methyl sites for hydroxylation is 1. The first-order valence-corrected chi connectivity index (χ1v) is 6.02. The maximum Gasteiger partial charge on any atom is 0.255 e. The number of methoxy groups -OCH3 is 1. The van der Waals surface area contributed by atoms with Crippen LogP contribution in [-0.4, -0.2) is 13.0 Å². The van der Waals surface area contributed by atoms with E-state index >= 15 is 0 Å². The molecule has 0 aliphatic carbocycles. The van der Waals surface area contributed by atoms with Crippen LogP contribution in [0.3, 0.4) is 0 Å². The molecule has 104 valence electrons. The molecule has 4 nitrogen and oxygen atoms in total. The van der Waals surface area contributed by atoms with E-state index in [1.54, 1.807) is 25.1 Å². The van der Waals surface area contributed by atoms with E-state index in [0.717, 1.165) is 0 Å². The molecule has 5 heteroatoms. The Morgan fingerprint density at radius 2 is 2.00 bits per heavy atom.